The topological polar surface area (TPSA) is 50.4 Å². The summed E-state index contributed by atoms with van der Waals surface area (Å²) in [4.78, 5) is 12.3. The molecule has 4 heteroatoms. The molecule has 1 fully saturated rings. The second-order valence-corrected chi connectivity index (χ2v) is 6.05. The first-order valence-corrected chi connectivity index (χ1v) is 7.14. The molecule has 4 nitrogen and oxygen atoms in total. The van der Waals surface area contributed by atoms with Crippen molar-refractivity contribution in [2.45, 2.75) is 45.3 Å². The van der Waals surface area contributed by atoms with Crippen molar-refractivity contribution >= 4 is 11.6 Å². The number of carbonyl (C=O) groups is 1. The van der Waals surface area contributed by atoms with Crippen molar-refractivity contribution in [1.29, 1.82) is 0 Å². The number of anilines is 1. The molecule has 1 saturated heterocycles. The van der Waals surface area contributed by atoms with E-state index in [0.717, 1.165) is 24.1 Å². The fourth-order valence-electron chi connectivity index (χ4n) is 2.71. The zero-order valence-electron chi connectivity index (χ0n) is 12.7. The van der Waals surface area contributed by atoms with Crippen LogP contribution in [0.1, 0.15) is 42.6 Å². The van der Waals surface area contributed by atoms with Crippen LogP contribution >= 0.6 is 0 Å². The lowest BCUT2D eigenvalue weighted by atomic mass is 9.93. The summed E-state index contributed by atoms with van der Waals surface area (Å²) in [6.07, 6.45) is 1.73. The van der Waals surface area contributed by atoms with Crippen LogP contribution < -0.4 is 10.6 Å². The quantitative estimate of drug-likeness (QED) is 0.892. The standard InChI is InChI=1S/C16H24N2O2/c1-11-9-12(5-6-14(11)17-4)15(19)18-13-7-8-20-16(2,3)10-13/h5-6,9,13,17H,7-8,10H2,1-4H3,(H,18,19). The highest BCUT2D eigenvalue weighted by molar-refractivity contribution is 5.95. The molecule has 1 aromatic rings. The minimum Gasteiger partial charge on any atom is -0.388 e. The Morgan fingerprint density at radius 2 is 2.15 bits per heavy atom. The molecule has 2 N–H and O–H groups in total. The summed E-state index contributed by atoms with van der Waals surface area (Å²) in [5.74, 6) is -0.00143. The fourth-order valence-corrected chi connectivity index (χ4v) is 2.71. The van der Waals surface area contributed by atoms with Gasteiger partial charge in [0.25, 0.3) is 5.91 Å². The first-order valence-electron chi connectivity index (χ1n) is 7.14. The van der Waals surface area contributed by atoms with Gasteiger partial charge in [0.15, 0.2) is 0 Å². The van der Waals surface area contributed by atoms with Crippen molar-refractivity contribution in [1.82, 2.24) is 5.32 Å². The van der Waals surface area contributed by atoms with Gasteiger partial charge in [-0.25, -0.2) is 0 Å². The molecule has 20 heavy (non-hydrogen) atoms. The maximum absolute atomic E-state index is 12.3. The van der Waals surface area contributed by atoms with Gasteiger partial charge >= 0.3 is 0 Å². The summed E-state index contributed by atoms with van der Waals surface area (Å²) < 4.78 is 5.67. The zero-order chi connectivity index (χ0) is 14.8. The molecule has 110 valence electrons. The Hall–Kier alpha value is -1.55. The largest absolute Gasteiger partial charge is 0.388 e. The van der Waals surface area contributed by atoms with Gasteiger partial charge in [0.1, 0.15) is 0 Å². The van der Waals surface area contributed by atoms with Gasteiger partial charge in [0, 0.05) is 30.9 Å². The molecule has 0 aliphatic carbocycles. The second kappa shape index (κ2) is 5.83. The van der Waals surface area contributed by atoms with Crippen LogP contribution in [-0.2, 0) is 4.74 Å². The highest BCUT2D eigenvalue weighted by Crippen LogP contribution is 2.24. The van der Waals surface area contributed by atoms with Crippen LogP contribution in [0.3, 0.4) is 0 Å². The molecule has 1 heterocycles. The average molecular weight is 276 g/mol. The summed E-state index contributed by atoms with van der Waals surface area (Å²) in [5, 5.41) is 6.22. The average Bonchev–Trinajstić information content (AvgIpc) is 2.37. The third-order valence-electron chi connectivity index (χ3n) is 3.79. The number of benzene rings is 1. The van der Waals surface area contributed by atoms with Crippen molar-refractivity contribution in [2.75, 3.05) is 19.0 Å². The van der Waals surface area contributed by atoms with E-state index in [9.17, 15) is 4.79 Å². The van der Waals surface area contributed by atoms with Crippen molar-refractivity contribution in [3.63, 3.8) is 0 Å². The number of amides is 1. The molecule has 0 bridgehead atoms. The van der Waals surface area contributed by atoms with Gasteiger partial charge in [-0.2, -0.15) is 0 Å². The molecular weight excluding hydrogens is 252 g/mol. The fraction of sp³-hybridized carbons (Fsp3) is 0.562. The lowest BCUT2D eigenvalue weighted by Crippen LogP contribution is -2.45. The van der Waals surface area contributed by atoms with Gasteiger partial charge in [-0.15, -0.1) is 0 Å². The first kappa shape index (κ1) is 14.9. The van der Waals surface area contributed by atoms with Crippen LogP contribution in [0, 0.1) is 6.92 Å². The zero-order valence-corrected chi connectivity index (χ0v) is 12.7. The van der Waals surface area contributed by atoms with Crippen LogP contribution in [0.4, 0.5) is 5.69 Å². The smallest absolute Gasteiger partial charge is 0.251 e. The number of nitrogens with one attached hydrogen (secondary N) is 2. The van der Waals surface area contributed by atoms with Gasteiger partial charge in [-0.05, 0) is 57.4 Å². The summed E-state index contributed by atoms with van der Waals surface area (Å²) >= 11 is 0. The Morgan fingerprint density at radius 1 is 1.40 bits per heavy atom. The lowest BCUT2D eigenvalue weighted by Gasteiger charge is -2.35. The van der Waals surface area contributed by atoms with E-state index in [0.29, 0.717) is 12.2 Å². The minimum absolute atomic E-state index is 0.00143. The Labute approximate surface area is 120 Å². The molecule has 0 radical (unpaired) electrons. The van der Waals surface area contributed by atoms with Crippen LogP contribution in [0.5, 0.6) is 0 Å². The van der Waals surface area contributed by atoms with Crippen molar-refractivity contribution in [3.8, 4) is 0 Å². The monoisotopic (exact) mass is 276 g/mol. The summed E-state index contributed by atoms with van der Waals surface area (Å²) in [6, 6.07) is 5.91. The maximum Gasteiger partial charge on any atom is 0.251 e. The number of ether oxygens (including phenoxy) is 1. The molecule has 0 saturated carbocycles. The Morgan fingerprint density at radius 3 is 2.75 bits per heavy atom. The van der Waals surface area contributed by atoms with E-state index in [1.54, 1.807) is 0 Å². The lowest BCUT2D eigenvalue weighted by molar-refractivity contribution is -0.0615. The molecule has 1 unspecified atom stereocenters. The Kier molecular flexibility index (Phi) is 4.33. The van der Waals surface area contributed by atoms with Crippen LogP contribution in [0.2, 0.25) is 0 Å². The van der Waals surface area contributed by atoms with Gasteiger partial charge in [-0.1, -0.05) is 0 Å². The van der Waals surface area contributed by atoms with Crippen LogP contribution in [-0.4, -0.2) is 31.2 Å². The first-order chi connectivity index (χ1) is 9.41. The third kappa shape index (κ3) is 3.51. The molecule has 1 aliphatic rings. The molecule has 1 aromatic carbocycles. The van der Waals surface area contributed by atoms with E-state index in [1.807, 2.05) is 32.2 Å². The van der Waals surface area contributed by atoms with Crippen molar-refractivity contribution < 1.29 is 9.53 Å². The molecule has 1 atom stereocenters. The molecule has 0 aromatic heterocycles. The van der Waals surface area contributed by atoms with E-state index < -0.39 is 0 Å². The Balaban J connectivity index is 2.03. The van der Waals surface area contributed by atoms with Crippen LogP contribution in [0.15, 0.2) is 18.2 Å². The third-order valence-corrected chi connectivity index (χ3v) is 3.79. The molecule has 1 aliphatic heterocycles. The number of rotatable bonds is 3. The van der Waals surface area contributed by atoms with E-state index in [4.69, 9.17) is 4.74 Å². The highest BCUT2D eigenvalue weighted by Gasteiger charge is 2.29. The number of hydrogen-bond donors (Lipinski definition) is 2. The van der Waals surface area contributed by atoms with Crippen molar-refractivity contribution in [2.24, 2.45) is 0 Å². The molecular formula is C16H24N2O2. The normalized spacial score (nSPS) is 21.3. The summed E-state index contributed by atoms with van der Waals surface area (Å²) in [5.41, 5.74) is 2.69. The van der Waals surface area contributed by atoms with Gasteiger partial charge < -0.3 is 15.4 Å². The molecule has 2 rings (SSSR count). The Bertz CT molecular complexity index is 497. The van der Waals surface area contributed by atoms with E-state index >= 15 is 0 Å². The van der Waals surface area contributed by atoms with E-state index in [1.165, 1.54) is 0 Å². The SMILES string of the molecule is CNc1ccc(C(=O)NC2CCOC(C)(C)C2)cc1C. The minimum atomic E-state index is -0.151. The van der Waals surface area contributed by atoms with E-state index in [-0.39, 0.29) is 17.6 Å². The number of aryl methyl sites for hydroxylation is 1. The summed E-state index contributed by atoms with van der Waals surface area (Å²) in [7, 11) is 1.88. The summed E-state index contributed by atoms with van der Waals surface area (Å²) in [6.45, 7) is 6.84. The van der Waals surface area contributed by atoms with Gasteiger partial charge in [0.2, 0.25) is 0 Å². The number of carbonyl (C=O) groups excluding carboxylic acids is 1. The predicted octanol–water partition coefficient (Wildman–Crippen LogP) is 2.72. The molecule has 0 spiro atoms. The van der Waals surface area contributed by atoms with Gasteiger partial charge in [0.05, 0.1) is 5.60 Å². The second-order valence-electron chi connectivity index (χ2n) is 6.05. The highest BCUT2D eigenvalue weighted by atomic mass is 16.5. The predicted molar refractivity (Wildman–Crippen MR) is 81.2 cm³/mol. The van der Waals surface area contributed by atoms with Crippen LogP contribution in [0.25, 0.3) is 0 Å². The van der Waals surface area contributed by atoms with Crippen molar-refractivity contribution in [3.05, 3.63) is 29.3 Å². The maximum atomic E-state index is 12.3. The van der Waals surface area contributed by atoms with E-state index in [2.05, 4.69) is 24.5 Å². The van der Waals surface area contributed by atoms with Gasteiger partial charge in [-0.3, -0.25) is 4.79 Å². The molecule has 1 amide bonds. The number of hydrogen-bond acceptors (Lipinski definition) is 3.